The highest BCUT2D eigenvalue weighted by Crippen LogP contribution is 2.32. The molecule has 4 aromatic rings. The quantitative estimate of drug-likeness (QED) is 0.436. The van der Waals surface area contributed by atoms with Gasteiger partial charge in [0.15, 0.2) is 11.5 Å². The van der Waals surface area contributed by atoms with E-state index in [0.29, 0.717) is 31.2 Å². The molecule has 0 unspecified atom stereocenters. The molecule has 0 radical (unpaired) electrons. The van der Waals surface area contributed by atoms with Gasteiger partial charge in [0, 0.05) is 13.1 Å². The molecule has 0 aliphatic heterocycles. The van der Waals surface area contributed by atoms with Crippen LogP contribution in [0.4, 0.5) is 4.39 Å². The monoisotopic (exact) mass is 419 g/mol. The van der Waals surface area contributed by atoms with Crippen LogP contribution in [0.15, 0.2) is 72.8 Å². The summed E-state index contributed by atoms with van der Waals surface area (Å²) in [4.78, 5) is 0. The van der Waals surface area contributed by atoms with Crippen LogP contribution in [0.1, 0.15) is 18.1 Å². The molecule has 0 spiro atoms. The zero-order chi connectivity index (χ0) is 21.5. The van der Waals surface area contributed by atoms with E-state index in [1.165, 1.54) is 16.8 Å². The van der Waals surface area contributed by atoms with Gasteiger partial charge in [-0.3, -0.25) is 0 Å². The number of hydrogen-bond donors (Lipinski definition) is 1. The Morgan fingerprint density at radius 2 is 1.65 bits per heavy atom. The molecule has 7 nitrogen and oxygen atoms in total. The SMILES string of the molecule is CCOc1cc(CNCc2ccc(F)cc2)ccc1Oc1nnnn1-c1ccccc1. The van der Waals surface area contributed by atoms with E-state index in [9.17, 15) is 4.39 Å². The van der Waals surface area contributed by atoms with Crippen LogP contribution in [0.5, 0.6) is 17.5 Å². The van der Waals surface area contributed by atoms with Gasteiger partial charge in [0.05, 0.1) is 12.3 Å². The maximum Gasteiger partial charge on any atom is 0.346 e. The Morgan fingerprint density at radius 1 is 0.903 bits per heavy atom. The molecule has 1 N–H and O–H groups in total. The van der Waals surface area contributed by atoms with Crippen molar-refractivity contribution >= 4 is 0 Å². The zero-order valence-electron chi connectivity index (χ0n) is 17.0. The summed E-state index contributed by atoms with van der Waals surface area (Å²) in [7, 11) is 0. The molecule has 0 saturated heterocycles. The molecule has 4 rings (SSSR count). The molecule has 158 valence electrons. The number of hydrogen-bond acceptors (Lipinski definition) is 6. The van der Waals surface area contributed by atoms with E-state index >= 15 is 0 Å². The Balaban J connectivity index is 1.46. The van der Waals surface area contributed by atoms with Crippen LogP contribution in [0.2, 0.25) is 0 Å². The fourth-order valence-corrected chi connectivity index (χ4v) is 3.04. The largest absolute Gasteiger partial charge is 0.490 e. The number of halogens is 1. The summed E-state index contributed by atoms with van der Waals surface area (Å²) >= 11 is 0. The van der Waals surface area contributed by atoms with E-state index in [1.54, 1.807) is 12.1 Å². The molecule has 0 saturated carbocycles. The topological polar surface area (TPSA) is 74.1 Å². The van der Waals surface area contributed by atoms with Gasteiger partial charge in [0.1, 0.15) is 5.82 Å². The maximum absolute atomic E-state index is 13.0. The Kier molecular flexibility index (Phi) is 6.49. The second kappa shape index (κ2) is 9.82. The summed E-state index contributed by atoms with van der Waals surface area (Å²) in [5, 5.41) is 15.1. The minimum atomic E-state index is -0.237. The summed E-state index contributed by atoms with van der Waals surface area (Å²) in [5.74, 6) is 0.890. The molecule has 31 heavy (non-hydrogen) atoms. The molecule has 0 aliphatic rings. The van der Waals surface area contributed by atoms with Crippen molar-refractivity contribution in [2.45, 2.75) is 20.0 Å². The molecule has 0 bridgehead atoms. The van der Waals surface area contributed by atoms with Crippen LogP contribution in [0.25, 0.3) is 5.69 Å². The Bertz CT molecular complexity index is 1120. The van der Waals surface area contributed by atoms with Crippen molar-refractivity contribution in [3.05, 3.63) is 89.7 Å². The number of rotatable bonds is 9. The third-order valence-electron chi connectivity index (χ3n) is 4.52. The van der Waals surface area contributed by atoms with E-state index in [-0.39, 0.29) is 11.8 Å². The highest BCUT2D eigenvalue weighted by molar-refractivity contribution is 5.45. The lowest BCUT2D eigenvalue weighted by molar-refractivity contribution is 0.315. The fourth-order valence-electron chi connectivity index (χ4n) is 3.04. The lowest BCUT2D eigenvalue weighted by atomic mass is 10.2. The average molecular weight is 419 g/mol. The van der Waals surface area contributed by atoms with Gasteiger partial charge in [-0.05, 0) is 64.9 Å². The molecule has 0 fully saturated rings. The van der Waals surface area contributed by atoms with Gasteiger partial charge in [0.2, 0.25) is 0 Å². The second-order valence-electron chi connectivity index (χ2n) is 6.75. The summed E-state index contributed by atoms with van der Waals surface area (Å²) in [6.45, 7) is 3.66. The Labute approximate surface area is 179 Å². The standard InChI is InChI=1S/C23H22FN5O2/c1-2-30-22-14-18(16-25-15-17-8-11-19(24)12-9-17)10-13-21(22)31-23-26-27-28-29(23)20-6-4-3-5-7-20/h3-14,25H,2,15-16H2,1H3. The molecule has 1 aromatic heterocycles. The minimum absolute atomic E-state index is 0.237. The van der Waals surface area contributed by atoms with Crippen LogP contribution in [-0.4, -0.2) is 26.8 Å². The predicted octanol–water partition coefficient (Wildman–Crippen LogP) is 4.28. The first kappa shape index (κ1) is 20.5. The molecule has 1 heterocycles. The van der Waals surface area contributed by atoms with Gasteiger partial charge in [0.25, 0.3) is 0 Å². The summed E-state index contributed by atoms with van der Waals surface area (Å²) in [5.41, 5.74) is 2.83. The molecule has 0 amide bonds. The predicted molar refractivity (Wildman–Crippen MR) is 114 cm³/mol. The molecule has 8 heteroatoms. The van der Waals surface area contributed by atoms with Gasteiger partial charge < -0.3 is 14.8 Å². The van der Waals surface area contributed by atoms with Crippen molar-refractivity contribution < 1.29 is 13.9 Å². The lowest BCUT2D eigenvalue weighted by Gasteiger charge is -2.13. The van der Waals surface area contributed by atoms with Crippen LogP contribution in [-0.2, 0) is 13.1 Å². The van der Waals surface area contributed by atoms with Crippen molar-refractivity contribution in [2.24, 2.45) is 0 Å². The first-order chi connectivity index (χ1) is 15.2. The molecule has 0 aliphatic carbocycles. The Morgan fingerprint density at radius 3 is 2.42 bits per heavy atom. The van der Waals surface area contributed by atoms with Crippen molar-refractivity contribution in [1.29, 1.82) is 0 Å². The van der Waals surface area contributed by atoms with Crippen molar-refractivity contribution in [3.8, 4) is 23.2 Å². The van der Waals surface area contributed by atoms with E-state index in [4.69, 9.17) is 9.47 Å². The van der Waals surface area contributed by atoms with Gasteiger partial charge in [-0.15, -0.1) is 0 Å². The number of nitrogens with zero attached hydrogens (tertiary/aromatic N) is 4. The van der Waals surface area contributed by atoms with Gasteiger partial charge >= 0.3 is 6.01 Å². The molecular weight excluding hydrogens is 397 g/mol. The highest BCUT2D eigenvalue weighted by atomic mass is 19.1. The lowest BCUT2D eigenvalue weighted by Crippen LogP contribution is -2.12. The summed E-state index contributed by atoms with van der Waals surface area (Å²) in [6, 6.07) is 21.9. The second-order valence-corrected chi connectivity index (χ2v) is 6.75. The molecular formula is C23H22FN5O2. The van der Waals surface area contributed by atoms with Crippen LogP contribution < -0.4 is 14.8 Å². The molecule has 0 atom stereocenters. The number of ether oxygens (including phenoxy) is 2. The first-order valence-corrected chi connectivity index (χ1v) is 9.95. The smallest absolute Gasteiger partial charge is 0.346 e. The summed E-state index contributed by atoms with van der Waals surface area (Å²) in [6.07, 6.45) is 0. The number of aromatic nitrogens is 4. The minimum Gasteiger partial charge on any atom is -0.490 e. The Hall–Kier alpha value is -3.78. The van der Waals surface area contributed by atoms with Crippen molar-refractivity contribution in [2.75, 3.05) is 6.61 Å². The van der Waals surface area contributed by atoms with Crippen LogP contribution in [0.3, 0.4) is 0 Å². The number of benzene rings is 3. The van der Waals surface area contributed by atoms with E-state index in [2.05, 4.69) is 20.8 Å². The number of para-hydroxylation sites is 1. The highest BCUT2D eigenvalue weighted by Gasteiger charge is 2.14. The maximum atomic E-state index is 13.0. The first-order valence-electron chi connectivity index (χ1n) is 9.95. The van der Waals surface area contributed by atoms with E-state index in [1.807, 2.05) is 55.5 Å². The van der Waals surface area contributed by atoms with Crippen LogP contribution >= 0.6 is 0 Å². The van der Waals surface area contributed by atoms with E-state index in [0.717, 1.165) is 16.8 Å². The van der Waals surface area contributed by atoms with E-state index < -0.39 is 0 Å². The third kappa shape index (κ3) is 5.23. The zero-order valence-corrected chi connectivity index (χ0v) is 17.0. The number of nitrogens with one attached hydrogen (secondary N) is 1. The normalized spacial score (nSPS) is 10.8. The number of tetrazole rings is 1. The van der Waals surface area contributed by atoms with Gasteiger partial charge in [-0.25, -0.2) is 4.39 Å². The van der Waals surface area contributed by atoms with Crippen LogP contribution in [0, 0.1) is 5.82 Å². The molecule has 3 aromatic carbocycles. The fraction of sp³-hybridized carbons (Fsp3) is 0.174. The summed E-state index contributed by atoms with van der Waals surface area (Å²) < 4.78 is 26.3. The van der Waals surface area contributed by atoms with Crippen molar-refractivity contribution in [1.82, 2.24) is 25.5 Å². The third-order valence-corrected chi connectivity index (χ3v) is 4.52. The van der Waals surface area contributed by atoms with Gasteiger partial charge in [-0.1, -0.05) is 41.5 Å². The average Bonchev–Trinajstić information content (AvgIpc) is 3.26. The van der Waals surface area contributed by atoms with Crippen molar-refractivity contribution in [3.63, 3.8) is 0 Å². The van der Waals surface area contributed by atoms with Gasteiger partial charge in [-0.2, -0.15) is 4.68 Å².